The molecule has 0 unspecified atom stereocenters. The summed E-state index contributed by atoms with van der Waals surface area (Å²) in [5.41, 5.74) is 2.73. The van der Waals surface area contributed by atoms with Gasteiger partial charge in [-0.1, -0.05) is 38.1 Å². The molecule has 0 fully saturated rings. The van der Waals surface area contributed by atoms with Crippen LogP contribution in [-0.2, 0) is 19.5 Å². The van der Waals surface area contributed by atoms with E-state index in [1.807, 2.05) is 12.1 Å². The molecule has 0 radical (unpaired) electrons. The predicted octanol–water partition coefficient (Wildman–Crippen LogP) is 3.77. The lowest BCUT2D eigenvalue weighted by atomic mass is 10.0. The first kappa shape index (κ1) is 12.9. The zero-order valence-electron chi connectivity index (χ0n) is 11.1. The molecule has 0 amide bonds. The zero-order valence-corrected chi connectivity index (χ0v) is 11.1. The molecule has 1 aromatic heterocycles. The van der Waals surface area contributed by atoms with Gasteiger partial charge in [0.25, 0.3) is 0 Å². The summed E-state index contributed by atoms with van der Waals surface area (Å²) in [6.45, 7) is 6.15. The van der Waals surface area contributed by atoms with Crippen LogP contribution in [0.15, 0.2) is 47.1 Å². The Balaban J connectivity index is 1.79. The van der Waals surface area contributed by atoms with E-state index in [-0.39, 0.29) is 0 Å². The summed E-state index contributed by atoms with van der Waals surface area (Å²) in [6.07, 6.45) is 2.86. The van der Waals surface area contributed by atoms with Crippen molar-refractivity contribution in [2.24, 2.45) is 5.92 Å². The zero-order chi connectivity index (χ0) is 12.8. The summed E-state index contributed by atoms with van der Waals surface area (Å²) in [5, 5.41) is 3.37. The molecule has 0 spiro atoms. The topological polar surface area (TPSA) is 25.2 Å². The normalized spacial score (nSPS) is 11.1. The molecule has 96 valence electrons. The van der Waals surface area contributed by atoms with E-state index in [0.717, 1.165) is 25.3 Å². The fourth-order valence-electron chi connectivity index (χ4n) is 2.01. The SMILES string of the molecule is CC(C)Cc1ccc(CNCc2ccco2)cc1. The molecule has 0 atom stereocenters. The van der Waals surface area contributed by atoms with E-state index >= 15 is 0 Å². The van der Waals surface area contributed by atoms with E-state index in [1.165, 1.54) is 11.1 Å². The molecule has 2 nitrogen and oxygen atoms in total. The Bertz CT molecular complexity index is 442. The van der Waals surface area contributed by atoms with Gasteiger partial charge in [-0.15, -0.1) is 0 Å². The molecule has 1 heterocycles. The first-order valence-electron chi connectivity index (χ1n) is 6.55. The van der Waals surface area contributed by atoms with Crippen LogP contribution >= 0.6 is 0 Å². The lowest BCUT2D eigenvalue weighted by molar-refractivity contribution is 0.483. The van der Waals surface area contributed by atoms with E-state index in [0.29, 0.717) is 5.92 Å². The first-order chi connectivity index (χ1) is 8.74. The lowest BCUT2D eigenvalue weighted by Gasteiger charge is -2.07. The maximum absolute atomic E-state index is 5.27. The molecule has 2 heteroatoms. The summed E-state index contributed by atoms with van der Waals surface area (Å²) in [5.74, 6) is 1.69. The third-order valence-electron chi connectivity index (χ3n) is 2.88. The van der Waals surface area contributed by atoms with Crippen LogP contribution in [0.4, 0.5) is 0 Å². The van der Waals surface area contributed by atoms with Crippen LogP contribution < -0.4 is 5.32 Å². The van der Waals surface area contributed by atoms with Gasteiger partial charge in [0, 0.05) is 6.54 Å². The summed E-state index contributed by atoms with van der Waals surface area (Å²) < 4.78 is 5.27. The maximum Gasteiger partial charge on any atom is 0.117 e. The molecule has 2 aromatic rings. The van der Waals surface area contributed by atoms with Gasteiger partial charge < -0.3 is 9.73 Å². The molecular weight excluding hydrogens is 222 g/mol. The lowest BCUT2D eigenvalue weighted by Crippen LogP contribution is -2.12. The van der Waals surface area contributed by atoms with Crippen molar-refractivity contribution in [1.29, 1.82) is 0 Å². The minimum absolute atomic E-state index is 0.716. The molecule has 0 aliphatic heterocycles. The molecular formula is C16H21NO. The predicted molar refractivity (Wildman–Crippen MR) is 74.2 cm³/mol. The second-order valence-corrected chi connectivity index (χ2v) is 5.10. The van der Waals surface area contributed by atoms with E-state index in [4.69, 9.17) is 4.42 Å². The quantitative estimate of drug-likeness (QED) is 0.835. The molecule has 0 aliphatic rings. The second kappa shape index (κ2) is 6.41. The molecule has 1 N–H and O–H groups in total. The third kappa shape index (κ3) is 4.04. The van der Waals surface area contributed by atoms with Crippen molar-refractivity contribution in [3.63, 3.8) is 0 Å². The van der Waals surface area contributed by atoms with Crippen LogP contribution in [0.2, 0.25) is 0 Å². The largest absolute Gasteiger partial charge is 0.468 e. The van der Waals surface area contributed by atoms with Gasteiger partial charge in [0.15, 0.2) is 0 Å². The molecule has 0 saturated heterocycles. The highest BCUT2D eigenvalue weighted by Crippen LogP contribution is 2.10. The first-order valence-corrected chi connectivity index (χ1v) is 6.55. The highest BCUT2D eigenvalue weighted by molar-refractivity contribution is 5.22. The van der Waals surface area contributed by atoms with Crippen LogP contribution in [0.3, 0.4) is 0 Å². The summed E-state index contributed by atoms with van der Waals surface area (Å²) in [4.78, 5) is 0. The average Bonchev–Trinajstić information content (AvgIpc) is 2.84. The number of hydrogen-bond acceptors (Lipinski definition) is 2. The van der Waals surface area contributed by atoms with Crippen molar-refractivity contribution in [3.05, 3.63) is 59.5 Å². The van der Waals surface area contributed by atoms with Gasteiger partial charge in [-0.2, -0.15) is 0 Å². The van der Waals surface area contributed by atoms with Crippen LogP contribution in [0.25, 0.3) is 0 Å². The number of rotatable bonds is 6. The molecule has 0 bridgehead atoms. The molecule has 18 heavy (non-hydrogen) atoms. The Morgan fingerprint density at radius 1 is 1.00 bits per heavy atom. The molecule has 0 aliphatic carbocycles. The fraction of sp³-hybridized carbons (Fsp3) is 0.375. The van der Waals surface area contributed by atoms with Crippen molar-refractivity contribution < 1.29 is 4.42 Å². The van der Waals surface area contributed by atoms with Crippen LogP contribution in [-0.4, -0.2) is 0 Å². The number of nitrogens with one attached hydrogen (secondary N) is 1. The smallest absolute Gasteiger partial charge is 0.117 e. The average molecular weight is 243 g/mol. The minimum atomic E-state index is 0.716. The highest BCUT2D eigenvalue weighted by atomic mass is 16.3. The Labute approximate surface area is 109 Å². The van der Waals surface area contributed by atoms with Crippen LogP contribution in [0.5, 0.6) is 0 Å². The van der Waals surface area contributed by atoms with Crippen LogP contribution in [0.1, 0.15) is 30.7 Å². The van der Waals surface area contributed by atoms with Crippen molar-refractivity contribution in [1.82, 2.24) is 5.32 Å². The molecule has 2 rings (SSSR count). The van der Waals surface area contributed by atoms with E-state index in [2.05, 4.69) is 43.4 Å². The Morgan fingerprint density at radius 3 is 2.33 bits per heavy atom. The summed E-state index contributed by atoms with van der Waals surface area (Å²) in [7, 11) is 0. The van der Waals surface area contributed by atoms with Gasteiger partial charge in [-0.3, -0.25) is 0 Å². The van der Waals surface area contributed by atoms with Gasteiger partial charge in [0.2, 0.25) is 0 Å². The van der Waals surface area contributed by atoms with Crippen molar-refractivity contribution in [3.8, 4) is 0 Å². The standard InChI is InChI=1S/C16H21NO/c1-13(2)10-14-5-7-15(8-6-14)11-17-12-16-4-3-9-18-16/h3-9,13,17H,10-12H2,1-2H3. The monoisotopic (exact) mass is 243 g/mol. The van der Waals surface area contributed by atoms with Gasteiger partial charge >= 0.3 is 0 Å². The second-order valence-electron chi connectivity index (χ2n) is 5.10. The highest BCUT2D eigenvalue weighted by Gasteiger charge is 1.99. The molecule has 1 aromatic carbocycles. The van der Waals surface area contributed by atoms with Crippen LogP contribution in [0, 0.1) is 5.92 Å². The van der Waals surface area contributed by atoms with E-state index in [1.54, 1.807) is 6.26 Å². The third-order valence-corrected chi connectivity index (χ3v) is 2.88. The minimum Gasteiger partial charge on any atom is -0.468 e. The maximum atomic E-state index is 5.27. The number of benzene rings is 1. The van der Waals surface area contributed by atoms with Crippen molar-refractivity contribution in [2.45, 2.75) is 33.4 Å². The fourth-order valence-corrected chi connectivity index (χ4v) is 2.01. The van der Waals surface area contributed by atoms with Gasteiger partial charge in [-0.25, -0.2) is 0 Å². The molecule has 0 saturated carbocycles. The summed E-state index contributed by atoms with van der Waals surface area (Å²) in [6, 6.07) is 12.8. The number of hydrogen-bond donors (Lipinski definition) is 1. The van der Waals surface area contributed by atoms with Gasteiger partial charge in [-0.05, 0) is 35.6 Å². The van der Waals surface area contributed by atoms with Gasteiger partial charge in [0.1, 0.15) is 5.76 Å². The van der Waals surface area contributed by atoms with E-state index < -0.39 is 0 Å². The summed E-state index contributed by atoms with van der Waals surface area (Å²) >= 11 is 0. The van der Waals surface area contributed by atoms with Gasteiger partial charge in [0.05, 0.1) is 12.8 Å². The van der Waals surface area contributed by atoms with Crippen molar-refractivity contribution >= 4 is 0 Å². The number of furan rings is 1. The Hall–Kier alpha value is -1.54. The Kier molecular flexibility index (Phi) is 4.59. The Morgan fingerprint density at radius 2 is 1.72 bits per heavy atom. The van der Waals surface area contributed by atoms with Crippen molar-refractivity contribution in [2.75, 3.05) is 0 Å². The van der Waals surface area contributed by atoms with E-state index in [9.17, 15) is 0 Å².